The molecule has 1 aromatic rings. The van der Waals surface area contributed by atoms with Gasteiger partial charge in [0.25, 0.3) is 0 Å². The second-order valence-electron chi connectivity index (χ2n) is 5.49. The van der Waals surface area contributed by atoms with Crippen LogP contribution in [0.5, 0.6) is 0 Å². The van der Waals surface area contributed by atoms with Crippen molar-refractivity contribution in [2.24, 2.45) is 0 Å². The molecule has 0 atom stereocenters. The number of nitrogens with zero attached hydrogens (tertiary/aromatic N) is 3. The molecule has 0 aromatic carbocycles. The molecule has 18 heavy (non-hydrogen) atoms. The molecule has 0 N–H and O–H groups in total. The average Bonchev–Trinajstić information content (AvgIpc) is 2.63. The summed E-state index contributed by atoms with van der Waals surface area (Å²) in [5.74, 6) is 1.05. The highest BCUT2D eigenvalue weighted by Crippen LogP contribution is 2.40. The van der Waals surface area contributed by atoms with Gasteiger partial charge in [0.05, 0.1) is 11.7 Å². The van der Waals surface area contributed by atoms with E-state index < -0.39 is 0 Å². The first-order valence-corrected chi connectivity index (χ1v) is 6.87. The van der Waals surface area contributed by atoms with Crippen LogP contribution in [0.2, 0.25) is 0 Å². The van der Waals surface area contributed by atoms with Crippen LogP contribution in [-0.4, -0.2) is 23.1 Å². The van der Waals surface area contributed by atoms with Gasteiger partial charge in [0.1, 0.15) is 0 Å². The van der Waals surface area contributed by atoms with Crippen LogP contribution < -0.4 is 5.01 Å². The molecule has 0 unspecified atom stereocenters. The summed E-state index contributed by atoms with van der Waals surface area (Å²) in [6, 6.07) is 2.80. The molecular weight excluding hydrogens is 222 g/mol. The third-order valence-electron chi connectivity index (χ3n) is 4.14. The molecule has 1 aromatic heterocycles. The van der Waals surface area contributed by atoms with Crippen molar-refractivity contribution in [1.82, 2.24) is 9.99 Å². The summed E-state index contributed by atoms with van der Waals surface area (Å²) in [7, 11) is 2.11. The first-order valence-electron chi connectivity index (χ1n) is 6.87. The van der Waals surface area contributed by atoms with E-state index in [0.717, 1.165) is 11.5 Å². The van der Waals surface area contributed by atoms with E-state index in [1.807, 2.05) is 6.20 Å². The maximum absolute atomic E-state index is 4.56. The highest BCUT2D eigenvalue weighted by atomic mass is 15.7. The van der Waals surface area contributed by atoms with Gasteiger partial charge in [-0.25, -0.2) is 4.98 Å². The van der Waals surface area contributed by atoms with E-state index in [2.05, 4.69) is 41.6 Å². The van der Waals surface area contributed by atoms with Crippen LogP contribution in [0.1, 0.15) is 43.2 Å². The van der Waals surface area contributed by atoms with Gasteiger partial charge in [-0.15, -0.1) is 0 Å². The lowest BCUT2D eigenvalue weighted by Gasteiger charge is -2.38. The van der Waals surface area contributed by atoms with Crippen molar-refractivity contribution in [3.8, 4) is 0 Å². The van der Waals surface area contributed by atoms with Gasteiger partial charge in [-0.1, -0.05) is 25.8 Å². The van der Waals surface area contributed by atoms with Crippen LogP contribution in [0.4, 0.5) is 5.82 Å². The summed E-state index contributed by atoms with van der Waals surface area (Å²) in [4.78, 5) is 4.56. The molecule has 0 spiro atoms. The molecular formula is C15H21N3. The Morgan fingerprint density at radius 3 is 2.72 bits per heavy atom. The third kappa shape index (κ3) is 1.69. The van der Waals surface area contributed by atoms with Crippen LogP contribution in [0, 0.1) is 6.92 Å². The minimum Gasteiger partial charge on any atom is -0.281 e. The number of aromatic nitrogens is 1. The van der Waals surface area contributed by atoms with Gasteiger partial charge in [-0.3, -0.25) is 10.0 Å². The number of pyridine rings is 1. The van der Waals surface area contributed by atoms with Crippen molar-refractivity contribution in [3.05, 3.63) is 30.0 Å². The molecule has 1 fully saturated rings. The fraction of sp³-hybridized carbons (Fsp3) is 0.533. The van der Waals surface area contributed by atoms with E-state index >= 15 is 0 Å². The zero-order valence-corrected chi connectivity index (χ0v) is 11.3. The first-order chi connectivity index (χ1) is 8.68. The lowest BCUT2D eigenvalue weighted by atomic mass is 9.94. The van der Waals surface area contributed by atoms with E-state index in [9.17, 15) is 0 Å². The fourth-order valence-corrected chi connectivity index (χ4v) is 3.23. The second kappa shape index (κ2) is 4.30. The molecule has 1 saturated carbocycles. The number of fused-ring (bicyclic) bond motifs is 1. The van der Waals surface area contributed by atoms with Crippen molar-refractivity contribution in [2.45, 2.75) is 45.1 Å². The Hall–Kier alpha value is -1.51. The molecule has 3 rings (SSSR count). The van der Waals surface area contributed by atoms with Gasteiger partial charge in [0.15, 0.2) is 5.82 Å². The predicted octanol–water partition coefficient (Wildman–Crippen LogP) is 3.36. The molecule has 0 amide bonds. The minimum atomic E-state index is 0.603. The Morgan fingerprint density at radius 1 is 1.28 bits per heavy atom. The van der Waals surface area contributed by atoms with E-state index in [4.69, 9.17) is 0 Å². The Labute approximate surface area is 109 Å². The summed E-state index contributed by atoms with van der Waals surface area (Å²) < 4.78 is 0. The van der Waals surface area contributed by atoms with Crippen LogP contribution in [0.3, 0.4) is 0 Å². The highest BCUT2D eigenvalue weighted by molar-refractivity contribution is 5.78. The first kappa shape index (κ1) is 11.6. The van der Waals surface area contributed by atoms with Gasteiger partial charge >= 0.3 is 0 Å². The maximum atomic E-state index is 4.56. The highest BCUT2D eigenvalue weighted by Gasteiger charge is 2.34. The molecule has 1 aliphatic heterocycles. The zero-order valence-electron chi connectivity index (χ0n) is 11.3. The lowest BCUT2D eigenvalue weighted by Crippen LogP contribution is -2.42. The largest absolute Gasteiger partial charge is 0.281 e. The molecule has 0 saturated heterocycles. The van der Waals surface area contributed by atoms with Crippen LogP contribution in [-0.2, 0) is 0 Å². The zero-order chi connectivity index (χ0) is 12.7. The smallest absolute Gasteiger partial charge is 0.156 e. The molecule has 2 heterocycles. The van der Waals surface area contributed by atoms with Gasteiger partial charge in [0.2, 0.25) is 0 Å². The van der Waals surface area contributed by atoms with Gasteiger partial charge in [-0.2, -0.15) is 0 Å². The van der Waals surface area contributed by atoms with Crippen molar-refractivity contribution in [3.63, 3.8) is 0 Å². The molecule has 96 valence electrons. The van der Waals surface area contributed by atoms with Gasteiger partial charge < -0.3 is 0 Å². The van der Waals surface area contributed by atoms with Crippen LogP contribution in [0.15, 0.2) is 18.8 Å². The SMILES string of the molecule is C=C1c2cc(C)cnc2N(C)N1C1CCCCC1. The summed E-state index contributed by atoms with van der Waals surface area (Å²) in [5, 5.41) is 4.54. The topological polar surface area (TPSA) is 19.4 Å². The molecule has 3 nitrogen and oxygen atoms in total. The van der Waals surface area contributed by atoms with E-state index in [1.54, 1.807) is 0 Å². The average molecular weight is 243 g/mol. The quantitative estimate of drug-likeness (QED) is 0.754. The molecule has 3 heteroatoms. The molecule has 2 aliphatic rings. The van der Waals surface area contributed by atoms with Crippen LogP contribution in [0.25, 0.3) is 5.70 Å². The third-order valence-corrected chi connectivity index (χ3v) is 4.14. The van der Waals surface area contributed by atoms with Crippen molar-refractivity contribution >= 4 is 11.5 Å². The van der Waals surface area contributed by atoms with E-state index in [1.165, 1.54) is 43.2 Å². The lowest BCUT2D eigenvalue weighted by molar-refractivity contribution is 0.231. The molecule has 0 bridgehead atoms. The molecule has 0 radical (unpaired) electrons. The fourth-order valence-electron chi connectivity index (χ4n) is 3.23. The Morgan fingerprint density at radius 2 is 2.00 bits per heavy atom. The predicted molar refractivity (Wildman–Crippen MR) is 75.1 cm³/mol. The number of anilines is 1. The van der Waals surface area contributed by atoms with Crippen molar-refractivity contribution < 1.29 is 0 Å². The normalized spacial score (nSPS) is 20.4. The molecule has 1 aliphatic carbocycles. The number of rotatable bonds is 1. The maximum Gasteiger partial charge on any atom is 0.156 e. The van der Waals surface area contributed by atoms with Crippen molar-refractivity contribution in [2.75, 3.05) is 12.1 Å². The van der Waals surface area contributed by atoms with E-state index in [0.29, 0.717) is 6.04 Å². The number of hydrogen-bond donors (Lipinski definition) is 0. The standard InChI is InChI=1S/C15H21N3/c1-11-9-14-12(2)18(13-7-5-4-6-8-13)17(3)15(14)16-10-11/h9-10,13H,2,4-8H2,1,3H3. The summed E-state index contributed by atoms with van der Waals surface area (Å²) in [6.07, 6.45) is 8.54. The van der Waals surface area contributed by atoms with Gasteiger partial charge in [0, 0.05) is 18.8 Å². The van der Waals surface area contributed by atoms with Crippen LogP contribution >= 0.6 is 0 Å². The monoisotopic (exact) mass is 243 g/mol. The second-order valence-corrected chi connectivity index (χ2v) is 5.49. The Kier molecular flexibility index (Phi) is 2.77. The number of hydrazine groups is 1. The number of hydrogen-bond acceptors (Lipinski definition) is 3. The minimum absolute atomic E-state index is 0.603. The number of aryl methyl sites for hydroxylation is 1. The summed E-state index contributed by atoms with van der Waals surface area (Å²) in [5.41, 5.74) is 3.52. The summed E-state index contributed by atoms with van der Waals surface area (Å²) >= 11 is 0. The Bertz CT molecular complexity index is 475. The Balaban J connectivity index is 1.93. The van der Waals surface area contributed by atoms with Gasteiger partial charge in [-0.05, 0) is 31.4 Å². The van der Waals surface area contributed by atoms with E-state index in [-0.39, 0.29) is 0 Å². The van der Waals surface area contributed by atoms with Crippen molar-refractivity contribution in [1.29, 1.82) is 0 Å². The summed E-state index contributed by atoms with van der Waals surface area (Å²) in [6.45, 7) is 6.38.